The van der Waals surface area contributed by atoms with E-state index in [0.717, 1.165) is 17.9 Å². The molecule has 2 unspecified atom stereocenters. The Morgan fingerprint density at radius 2 is 2.00 bits per heavy atom. The van der Waals surface area contributed by atoms with Crippen molar-refractivity contribution in [1.29, 1.82) is 0 Å². The van der Waals surface area contributed by atoms with Crippen molar-refractivity contribution in [3.63, 3.8) is 0 Å². The van der Waals surface area contributed by atoms with E-state index in [9.17, 15) is 0 Å². The summed E-state index contributed by atoms with van der Waals surface area (Å²) in [6.07, 6.45) is 2.75. The second-order valence-corrected chi connectivity index (χ2v) is 4.30. The highest BCUT2D eigenvalue weighted by atomic mass is 15.2. The maximum Gasteiger partial charge on any atom is 0.0124 e. The van der Waals surface area contributed by atoms with Crippen molar-refractivity contribution in [3.05, 3.63) is 0 Å². The first-order chi connectivity index (χ1) is 5.70. The molecular formula is C11H23N. The summed E-state index contributed by atoms with van der Waals surface area (Å²) in [6.45, 7) is 11.9. The average molecular weight is 169 g/mol. The van der Waals surface area contributed by atoms with Gasteiger partial charge in [-0.3, -0.25) is 0 Å². The molecule has 0 bridgehead atoms. The number of rotatable bonds is 3. The molecule has 1 aliphatic heterocycles. The van der Waals surface area contributed by atoms with Gasteiger partial charge in [0.25, 0.3) is 0 Å². The highest BCUT2D eigenvalue weighted by molar-refractivity contribution is 4.86. The number of likely N-dealkylation sites (tertiary alicyclic amines) is 1. The van der Waals surface area contributed by atoms with E-state index < -0.39 is 0 Å². The second-order valence-electron chi connectivity index (χ2n) is 4.30. The van der Waals surface area contributed by atoms with Crippen LogP contribution in [0.3, 0.4) is 0 Å². The summed E-state index contributed by atoms with van der Waals surface area (Å²) in [5.74, 6) is 1.82. The van der Waals surface area contributed by atoms with E-state index in [-0.39, 0.29) is 0 Å². The summed E-state index contributed by atoms with van der Waals surface area (Å²) in [7, 11) is 0. The zero-order valence-electron chi connectivity index (χ0n) is 9.01. The molecule has 0 aliphatic carbocycles. The molecule has 12 heavy (non-hydrogen) atoms. The van der Waals surface area contributed by atoms with Crippen LogP contribution in [0.25, 0.3) is 0 Å². The molecule has 0 N–H and O–H groups in total. The number of nitrogens with zero attached hydrogens (tertiary/aromatic N) is 1. The molecule has 1 fully saturated rings. The van der Waals surface area contributed by atoms with E-state index in [1.54, 1.807) is 0 Å². The molecule has 0 aromatic heterocycles. The van der Waals surface area contributed by atoms with Crippen LogP contribution >= 0.6 is 0 Å². The average Bonchev–Trinajstić information content (AvgIpc) is 2.46. The lowest BCUT2D eigenvalue weighted by atomic mass is 9.87. The Kier molecular flexibility index (Phi) is 3.57. The fourth-order valence-corrected chi connectivity index (χ4v) is 2.68. The van der Waals surface area contributed by atoms with E-state index in [0.29, 0.717) is 0 Å². The van der Waals surface area contributed by atoms with Crippen LogP contribution < -0.4 is 0 Å². The molecule has 1 nitrogen and oxygen atoms in total. The van der Waals surface area contributed by atoms with Gasteiger partial charge in [-0.1, -0.05) is 27.7 Å². The van der Waals surface area contributed by atoms with Gasteiger partial charge < -0.3 is 4.90 Å². The summed E-state index contributed by atoms with van der Waals surface area (Å²) in [4.78, 5) is 2.64. The smallest absolute Gasteiger partial charge is 0.0124 e. The van der Waals surface area contributed by atoms with Crippen LogP contribution in [0.4, 0.5) is 0 Å². The topological polar surface area (TPSA) is 3.24 Å². The van der Waals surface area contributed by atoms with Gasteiger partial charge in [0.05, 0.1) is 0 Å². The molecule has 1 heterocycles. The molecule has 0 aromatic carbocycles. The minimum atomic E-state index is 0.867. The molecule has 0 radical (unpaired) electrons. The van der Waals surface area contributed by atoms with Crippen LogP contribution in [0.5, 0.6) is 0 Å². The van der Waals surface area contributed by atoms with E-state index in [2.05, 4.69) is 32.6 Å². The lowest BCUT2D eigenvalue weighted by Gasteiger charge is -2.28. The molecule has 0 aromatic rings. The van der Waals surface area contributed by atoms with Crippen molar-refractivity contribution in [2.45, 2.75) is 46.6 Å². The standard InChI is InChI=1S/C11H23N/c1-5-11-10(9(3)4)7-8-12(11)6-2/h9-11H,5-8H2,1-4H3. The summed E-state index contributed by atoms with van der Waals surface area (Å²) in [6, 6.07) is 0.870. The molecule has 1 aliphatic rings. The Hall–Kier alpha value is -0.0400. The predicted molar refractivity (Wildman–Crippen MR) is 54.3 cm³/mol. The summed E-state index contributed by atoms with van der Waals surface area (Å²) >= 11 is 0. The highest BCUT2D eigenvalue weighted by Crippen LogP contribution is 2.31. The maximum atomic E-state index is 2.64. The predicted octanol–water partition coefficient (Wildman–Crippen LogP) is 2.76. The quantitative estimate of drug-likeness (QED) is 0.628. The Bertz CT molecular complexity index is 131. The monoisotopic (exact) mass is 169 g/mol. The van der Waals surface area contributed by atoms with Gasteiger partial charge in [-0.15, -0.1) is 0 Å². The van der Waals surface area contributed by atoms with Gasteiger partial charge in [-0.05, 0) is 37.8 Å². The van der Waals surface area contributed by atoms with Gasteiger partial charge in [0.1, 0.15) is 0 Å². The van der Waals surface area contributed by atoms with Gasteiger partial charge in [0.15, 0.2) is 0 Å². The van der Waals surface area contributed by atoms with E-state index in [1.807, 2.05) is 0 Å². The van der Waals surface area contributed by atoms with Crippen molar-refractivity contribution in [2.24, 2.45) is 11.8 Å². The molecule has 72 valence electrons. The summed E-state index contributed by atoms with van der Waals surface area (Å²) in [5.41, 5.74) is 0. The SMILES string of the molecule is CCC1C(C(C)C)CCN1CC. The zero-order chi connectivity index (χ0) is 9.14. The van der Waals surface area contributed by atoms with Crippen molar-refractivity contribution < 1.29 is 0 Å². The Labute approximate surface area is 77.1 Å². The third-order valence-electron chi connectivity index (χ3n) is 3.39. The lowest BCUT2D eigenvalue weighted by Crippen LogP contribution is -2.33. The van der Waals surface area contributed by atoms with Crippen LogP contribution in [-0.2, 0) is 0 Å². The van der Waals surface area contributed by atoms with Crippen LogP contribution in [0.15, 0.2) is 0 Å². The van der Waals surface area contributed by atoms with Gasteiger partial charge in [0, 0.05) is 6.04 Å². The van der Waals surface area contributed by atoms with Gasteiger partial charge >= 0.3 is 0 Å². The van der Waals surface area contributed by atoms with Crippen molar-refractivity contribution >= 4 is 0 Å². The van der Waals surface area contributed by atoms with Crippen LogP contribution in [0.2, 0.25) is 0 Å². The normalized spacial score (nSPS) is 31.8. The highest BCUT2D eigenvalue weighted by Gasteiger charge is 2.33. The fraction of sp³-hybridized carbons (Fsp3) is 1.00. The molecule has 0 spiro atoms. The van der Waals surface area contributed by atoms with Crippen molar-refractivity contribution in [3.8, 4) is 0 Å². The molecule has 0 amide bonds. The van der Waals surface area contributed by atoms with Crippen LogP contribution in [-0.4, -0.2) is 24.0 Å². The first-order valence-electron chi connectivity index (χ1n) is 5.44. The molecular weight excluding hydrogens is 146 g/mol. The second kappa shape index (κ2) is 4.27. The minimum Gasteiger partial charge on any atom is -0.300 e. The fourth-order valence-electron chi connectivity index (χ4n) is 2.68. The number of hydrogen-bond donors (Lipinski definition) is 0. The third kappa shape index (κ3) is 1.82. The largest absolute Gasteiger partial charge is 0.300 e. The summed E-state index contributed by atoms with van der Waals surface area (Å²) < 4.78 is 0. The Balaban J connectivity index is 2.56. The van der Waals surface area contributed by atoms with Gasteiger partial charge in [0.2, 0.25) is 0 Å². The third-order valence-corrected chi connectivity index (χ3v) is 3.39. The first-order valence-corrected chi connectivity index (χ1v) is 5.44. The van der Waals surface area contributed by atoms with E-state index in [1.165, 1.54) is 25.9 Å². The number of hydrogen-bond acceptors (Lipinski definition) is 1. The molecule has 0 saturated carbocycles. The van der Waals surface area contributed by atoms with E-state index in [4.69, 9.17) is 0 Å². The van der Waals surface area contributed by atoms with Crippen molar-refractivity contribution in [2.75, 3.05) is 13.1 Å². The molecule has 1 saturated heterocycles. The minimum absolute atomic E-state index is 0.867. The molecule has 1 rings (SSSR count). The Morgan fingerprint density at radius 1 is 1.33 bits per heavy atom. The van der Waals surface area contributed by atoms with Crippen molar-refractivity contribution in [1.82, 2.24) is 4.90 Å². The maximum absolute atomic E-state index is 2.64. The van der Waals surface area contributed by atoms with E-state index >= 15 is 0 Å². The Morgan fingerprint density at radius 3 is 2.42 bits per heavy atom. The summed E-state index contributed by atoms with van der Waals surface area (Å²) in [5, 5.41) is 0. The lowest BCUT2D eigenvalue weighted by molar-refractivity contribution is 0.204. The first kappa shape index (κ1) is 10.0. The van der Waals surface area contributed by atoms with Gasteiger partial charge in [-0.2, -0.15) is 0 Å². The van der Waals surface area contributed by atoms with Gasteiger partial charge in [-0.25, -0.2) is 0 Å². The zero-order valence-corrected chi connectivity index (χ0v) is 9.01. The molecule has 1 heteroatoms. The molecule has 2 atom stereocenters. The van der Waals surface area contributed by atoms with Crippen LogP contribution in [0, 0.1) is 11.8 Å². The van der Waals surface area contributed by atoms with Crippen LogP contribution in [0.1, 0.15) is 40.5 Å².